The van der Waals surface area contributed by atoms with Gasteiger partial charge in [0.25, 0.3) is 0 Å². The topological polar surface area (TPSA) is 57.6 Å². The third-order valence-electron chi connectivity index (χ3n) is 3.50. The van der Waals surface area contributed by atoms with Gasteiger partial charge in [-0.3, -0.25) is 0 Å². The van der Waals surface area contributed by atoms with Crippen LogP contribution in [0.2, 0.25) is 0 Å². The Hall–Kier alpha value is -1.69. The normalized spacial score (nSPS) is 11.8. The quantitative estimate of drug-likeness (QED) is 0.851. The van der Waals surface area contributed by atoms with Gasteiger partial charge in [0.1, 0.15) is 0 Å². The molecule has 0 radical (unpaired) electrons. The molecule has 0 aliphatic carbocycles. The molecule has 0 heterocycles. The van der Waals surface area contributed by atoms with Crippen LogP contribution in [0.5, 0.6) is 0 Å². The van der Waals surface area contributed by atoms with E-state index in [-0.39, 0.29) is 18.0 Å². The summed E-state index contributed by atoms with van der Waals surface area (Å²) < 4.78 is 26.7. The molecule has 1 N–H and O–H groups in total. The predicted octanol–water partition coefficient (Wildman–Crippen LogP) is 2.22. The first-order chi connectivity index (χ1) is 10.5. The second-order valence-electron chi connectivity index (χ2n) is 5.18. The number of rotatable bonds is 7. The molecule has 0 aliphatic heterocycles. The van der Waals surface area contributed by atoms with Gasteiger partial charge in [0.15, 0.2) is 0 Å². The molecule has 0 bridgehead atoms. The third-order valence-corrected chi connectivity index (χ3v) is 5.41. The highest BCUT2D eigenvalue weighted by Gasteiger charge is 2.23. The molecule has 2 aromatic rings. The second kappa shape index (κ2) is 7.54. The van der Waals surface area contributed by atoms with Gasteiger partial charge >= 0.3 is 0 Å². The summed E-state index contributed by atoms with van der Waals surface area (Å²) in [5.74, 6) is 0. The van der Waals surface area contributed by atoms with E-state index in [1.54, 1.807) is 24.3 Å². The summed E-state index contributed by atoms with van der Waals surface area (Å²) in [5.41, 5.74) is 2.08. The van der Waals surface area contributed by atoms with Crippen molar-refractivity contribution in [3.63, 3.8) is 0 Å². The van der Waals surface area contributed by atoms with E-state index in [2.05, 4.69) is 0 Å². The number of nitrogens with zero attached hydrogens (tertiary/aromatic N) is 1. The molecular formula is C17H21NO3S. The molecule has 0 spiro atoms. The molecule has 5 heteroatoms. The Kier molecular flexibility index (Phi) is 5.71. The van der Waals surface area contributed by atoms with Crippen molar-refractivity contribution in [2.75, 3.05) is 19.7 Å². The zero-order valence-electron chi connectivity index (χ0n) is 12.6. The number of aliphatic hydroxyl groups excluding tert-OH is 1. The number of aliphatic hydroxyl groups is 1. The Morgan fingerprint density at radius 1 is 0.955 bits per heavy atom. The number of sulfonamides is 1. The zero-order chi connectivity index (χ0) is 16.0. The average Bonchev–Trinajstić information content (AvgIpc) is 2.52. The number of aryl methyl sites for hydroxylation is 1. The number of hydrogen-bond acceptors (Lipinski definition) is 3. The second-order valence-corrected chi connectivity index (χ2v) is 7.11. The van der Waals surface area contributed by atoms with Gasteiger partial charge in [0.05, 0.1) is 11.5 Å². The lowest BCUT2D eigenvalue weighted by molar-refractivity contribution is 0.254. The summed E-state index contributed by atoms with van der Waals surface area (Å²) in [6, 6.07) is 16.5. The van der Waals surface area contributed by atoms with Crippen molar-refractivity contribution >= 4 is 10.0 Å². The van der Waals surface area contributed by atoms with Crippen LogP contribution in [0.1, 0.15) is 11.1 Å². The first kappa shape index (κ1) is 16.7. The summed E-state index contributed by atoms with van der Waals surface area (Å²) in [6.07, 6.45) is 0.617. The summed E-state index contributed by atoms with van der Waals surface area (Å²) in [7, 11) is -3.58. The fourth-order valence-corrected chi connectivity index (χ4v) is 3.65. The van der Waals surface area contributed by atoms with Crippen LogP contribution in [-0.2, 0) is 16.4 Å². The van der Waals surface area contributed by atoms with Gasteiger partial charge in [-0.25, -0.2) is 8.42 Å². The van der Waals surface area contributed by atoms with Crippen molar-refractivity contribution in [2.45, 2.75) is 18.2 Å². The van der Waals surface area contributed by atoms with E-state index < -0.39 is 10.0 Å². The van der Waals surface area contributed by atoms with E-state index in [0.717, 1.165) is 11.1 Å². The molecular weight excluding hydrogens is 298 g/mol. The lowest BCUT2D eigenvalue weighted by Gasteiger charge is -2.21. The summed E-state index contributed by atoms with van der Waals surface area (Å²) in [5, 5.41) is 9.18. The molecule has 2 aromatic carbocycles. The molecule has 118 valence electrons. The Labute approximate surface area is 132 Å². The molecule has 0 saturated carbocycles. The zero-order valence-corrected chi connectivity index (χ0v) is 13.5. The molecule has 0 unspecified atom stereocenters. The minimum Gasteiger partial charge on any atom is -0.395 e. The molecule has 0 fully saturated rings. The Balaban J connectivity index is 2.17. The lowest BCUT2D eigenvalue weighted by atomic mass is 10.1. The highest BCUT2D eigenvalue weighted by molar-refractivity contribution is 7.89. The highest BCUT2D eigenvalue weighted by atomic mass is 32.2. The Morgan fingerprint density at radius 3 is 2.18 bits per heavy atom. The van der Waals surface area contributed by atoms with Gasteiger partial charge in [0, 0.05) is 13.1 Å². The third kappa shape index (κ3) is 4.16. The van der Waals surface area contributed by atoms with Crippen molar-refractivity contribution in [1.82, 2.24) is 4.31 Å². The summed E-state index contributed by atoms with van der Waals surface area (Å²) >= 11 is 0. The average molecular weight is 319 g/mol. The van der Waals surface area contributed by atoms with Gasteiger partial charge in [-0.05, 0) is 31.0 Å². The molecule has 0 amide bonds. The van der Waals surface area contributed by atoms with Gasteiger partial charge in [-0.15, -0.1) is 0 Å². The summed E-state index contributed by atoms with van der Waals surface area (Å²) in [4.78, 5) is 0.264. The van der Waals surface area contributed by atoms with Crippen LogP contribution in [0.15, 0.2) is 59.5 Å². The van der Waals surface area contributed by atoms with Crippen LogP contribution < -0.4 is 0 Å². The standard InChI is InChI=1S/C17H21NO3S/c1-15-7-9-17(10-8-15)22(20,21)18(13-14-19)12-11-16-5-3-2-4-6-16/h2-10,19H,11-14H2,1H3. The van der Waals surface area contributed by atoms with E-state index in [1.807, 2.05) is 37.3 Å². The van der Waals surface area contributed by atoms with Crippen LogP contribution in [-0.4, -0.2) is 37.5 Å². The maximum Gasteiger partial charge on any atom is 0.243 e. The molecule has 0 aliphatic rings. The van der Waals surface area contributed by atoms with Crippen LogP contribution in [0, 0.1) is 6.92 Å². The first-order valence-electron chi connectivity index (χ1n) is 7.25. The van der Waals surface area contributed by atoms with E-state index in [1.165, 1.54) is 4.31 Å². The SMILES string of the molecule is Cc1ccc(S(=O)(=O)N(CCO)CCc2ccccc2)cc1. The monoisotopic (exact) mass is 319 g/mol. The van der Waals surface area contributed by atoms with E-state index in [0.29, 0.717) is 13.0 Å². The predicted molar refractivity (Wildman–Crippen MR) is 87.2 cm³/mol. The maximum absolute atomic E-state index is 12.7. The fourth-order valence-electron chi connectivity index (χ4n) is 2.22. The minimum absolute atomic E-state index is 0.100. The Morgan fingerprint density at radius 2 is 1.59 bits per heavy atom. The number of benzene rings is 2. The van der Waals surface area contributed by atoms with Gasteiger partial charge < -0.3 is 5.11 Å². The van der Waals surface area contributed by atoms with E-state index >= 15 is 0 Å². The highest BCUT2D eigenvalue weighted by Crippen LogP contribution is 2.17. The van der Waals surface area contributed by atoms with Crippen molar-refractivity contribution in [1.29, 1.82) is 0 Å². The molecule has 0 saturated heterocycles. The largest absolute Gasteiger partial charge is 0.395 e. The van der Waals surface area contributed by atoms with Crippen molar-refractivity contribution in [3.05, 3.63) is 65.7 Å². The number of hydrogen-bond donors (Lipinski definition) is 1. The van der Waals surface area contributed by atoms with Gasteiger partial charge in [0.2, 0.25) is 10.0 Å². The van der Waals surface area contributed by atoms with E-state index in [9.17, 15) is 13.5 Å². The van der Waals surface area contributed by atoms with E-state index in [4.69, 9.17) is 0 Å². The molecule has 4 nitrogen and oxygen atoms in total. The molecule has 22 heavy (non-hydrogen) atoms. The first-order valence-corrected chi connectivity index (χ1v) is 8.69. The van der Waals surface area contributed by atoms with Crippen LogP contribution >= 0.6 is 0 Å². The summed E-state index contributed by atoms with van der Waals surface area (Å²) in [6.45, 7) is 2.17. The van der Waals surface area contributed by atoms with Crippen molar-refractivity contribution in [2.24, 2.45) is 0 Å². The van der Waals surface area contributed by atoms with Crippen LogP contribution in [0.3, 0.4) is 0 Å². The molecule has 0 aromatic heterocycles. The van der Waals surface area contributed by atoms with Crippen molar-refractivity contribution in [3.8, 4) is 0 Å². The Bertz CT molecular complexity index is 682. The van der Waals surface area contributed by atoms with Gasteiger partial charge in [-0.1, -0.05) is 48.0 Å². The van der Waals surface area contributed by atoms with Gasteiger partial charge in [-0.2, -0.15) is 4.31 Å². The van der Waals surface area contributed by atoms with Crippen LogP contribution in [0.25, 0.3) is 0 Å². The minimum atomic E-state index is -3.58. The maximum atomic E-state index is 12.7. The van der Waals surface area contributed by atoms with Crippen molar-refractivity contribution < 1.29 is 13.5 Å². The fraction of sp³-hybridized carbons (Fsp3) is 0.294. The smallest absolute Gasteiger partial charge is 0.243 e. The van der Waals surface area contributed by atoms with Crippen LogP contribution in [0.4, 0.5) is 0 Å². The molecule has 0 atom stereocenters. The lowest BCUT2D eigenvalue weighted by Crippen LogP contribution is -2.35. The molecule has 2 rings (SSSR count).